The van der Waals surface area contributed by atoms with E-state index in [1.54, 1.807) is 26.0 Å². The van der Waals surface area contributed by atoms with Gasteiger partial charge in [0.15, 0.2) is 6.10 Å². The first-order chi connectivity index (χ1) is 11.3. The number of carbonyl (C=O) groups excluding carboxylic acids is 2. The van der Waals surface area contributed by atoms with Crippen molar-refractivity contribution >= 4 is 17.8 Å². The summed E-state index contributed by atoms with van der Waals surface area (Å²) in [6, 6.07) is 6.31. The van der Waals surface area contributed by atoms with E-state index in [0.717, 1.165) is 5.56 Å². The summed E-state index contributed by atoms with van der Waals surface area (Å²) in [7, 11) is 1.25. The molecule has 2 unspecified atom stereocenters. The van der Waals surface area contributed by atoms with Crippen LogP contribution in [0.2, 0.25) is 0 Å². The SMILES string of the molecule is COC(CNC(=O)C(NC(=O)c1ccccc1C)C(C)C)C(=O)O. The highest BCUT2D eigenvalue weighted by Gasteiger charge is 2.26. The molecule has 1 rings (SSSR count). The molecule has 0 fully saturated rings. The van der Waals surface area contributed by atoms with Gasteiger partial charge >= 0.3 is 5.97 Å². The molecular weight excluding hydrogens is 312 g/mol. The summed E-state index contributed by atoms with van der Waals surface area (Å²) in [4.78, 5) is 35.6. The Morgan fingerprint density at radius 2 is 1.83 bits per heavy atom. The third-order valence-corrected chi connectivity index (χ3v) is 3.65. The molecule has 0 spiro atoms. The Morgan fingerprint density at radius 1 is 1.21 bits per heavy atom. The lowest BCUT2D eigenvalue weighted by atomic mass is 10.0. The van der Waals surface area contributed by atoms with Crippen molar-refractivity contribution in [2.75, 3.05) is 13.7 Å². The summed E-state index contributed by atoms with van der Waals surface area (Å²) in [5.74, 6) is -2.12. The number of carboxylic acids is 1. The smallest absolute Gasteiger partial charge is 0.334 e. The van der Waals surface area contributed by atoms with Crippen LogP contribution < -0.4 is 10.6 Å². The number of hydrogen-bond acceptors (Lipinski definition) is 4. The average molecular weight is 336 g/mol. The van der Waals surface area contributed by atoms with Crippen molar-refractivity contribution in [1.82, 2.24) is 10.6 Å². The minimum Gasteiger partial charge on any atom is -0.479 e. The van der Waals surface area contributed by atoms with E-state index in [2.05, 4.69) is 10.6 Å². The largest absolute Gasteiger partial charge is 0.479 e. The molecule has 1 aromatic carbocycles. The molecular formula is C17H24N2O5. The number of ether oxygens (including phenoxy) is 1. The van der Waals surface area contributed by atoms with Crippen molar-refractivity contribution in [1.29, 1.82) is 0 Å². The second-order valence-corrected chi connectivity index (χ2v) is 5.82. The van der Waals surface area contributed by atoms with Gasteiger partial charge in [-0.3, -0.25) is 9.59 Å². The molecule has 7 heteroatoms. The summed E-state index contributed by atoms with van der Waals surface area (Å²) in [5, 5.41) is 14.1. The number of methoxy groups -OCH3 is 1. The fourth-order valence-electron chi connectivity index (χ4n) is 2.16. The summed E-state index contributed by atoms with van der Waals surface area (Å²) in [5.41, 5.74) is 1.31. The highest BCUT2D eigenvalue weighted by atomic mass is 16.5. The lowest BCUT2D eigenvalue weighted by Crippen LogP contribution is -2.51. The Hall–Kier alpha value is -2.41. The van der Waals surface area contributed by atoms with Gasteiger partial charge in [0.2, 0.25) is 5.91 Å². The molecule has 0 bridgehead atoms. The molecule has 0 aromatic heterocycles. The molecule has 1 aromatic rings. The molecule has 3 N–H and O–H groups in total. The number of carbonyl (C=O) groups is 3. The van der Waals surface area contributed by atoms with E-state index in [1.165, 1.54) is 7.11 Å². The number of aryl methyl sites for hydroxylation is 1. The fourth-order valence-corrected chi connectivity index (χ4v) is 2.16. The van der Waals surface area contributed by atoms with E-state index in [4.69, 9.17) is 9.84 Å². The van der Waals surface area contributed by atoms with E-state index in [-0.39, 0.29) is 18.4 Å². The number of hydrogen-bond donors (Lipinski definition) is 3. The standard InChI is InChI=1S/C17H24N2O5/c1-10(2)14(16(21)18-9-13(24-4)17(22)23)19-15(20)12-8-6-5-7-11(12)3/h5-8,10,13-14H,9H2,1-4H3,(H,18,21)(H,19,20)(H,22,23). The summed E-state index contributed by atoms with van der Waals surface area (Å²) >= 11 is 0. The third-order valence-electron chi connectivity index (χ3n) is 3.65. The van der Waals surface area contributed by atoms with E-state index in [1.807, 2.05) is 19.1 Å². The maximum Gasteiger partial charge on any atom is 0.334 e. The first kappa shape index (κ1) is 19.6. The summed E-state index contributed by atoms with van der Waals surface area (Å²) in [6.45, 7) is 5.24. The Balaban J connectivity index is 2.76. The highest BCUT2D eigenvalue weighted by molar-refractivity contribution is 5.98. The van der Waals surface area contributed by atoms with Gasteiger partial charge in [-0.25, -0.2) is 4.79 Å². The summed E-state index contributed by atoms with van der Waals surface area (Å²) in [6.07, 6.45) is -1.13. The maximum atomic E-state index is 12.4. The lowest BCUT2D eigenvalue weighted by Gasteiger charge is -2.23. The monoisotopic (exact) mass is 336 g/mol. The molecule has 0 saturated carbocycles. The molecule has 7 nitrogen and oxygen atoms in total. The highest BCUT2D eigenvalue weighted by Crippen LogP contribution is 2.09. The Labute approximate surface area is 141 Å². The molecule has 2 atom stereocenters. The number of benzene rings is 1. The van der Waals surface area contributed by atoms with Crippen LogP contribution in [0.1, 0.15) is 29.8 Å². The van der Waals surface area contributed by atoms with Crippen molar-refractivity contribution in [3.05, 3.63) is 35.4 Å². The molecule has 24 heavy (non-hydrogen) atoms. The van der Waals surface area contributed by atoms with Crippen molar-refractivity contribution in [2.45, 2.75) is 32.9 Å². The van der Waals surface area contributed by atoms with Gasteiger partial charge in [0.25, 0.3) is 5.91 Å². The van der Waals surface area contributed by atoms with Gasteiger partial charge in [0, 0.05) is 12.7 Å². The molecule has 2 amide bonds. The minimum atomic E-state index is -1.16. The van der Waals surface area contributed by atoms with E-state index < -0.39 is 24.0 Å². The molecule has 0 aliphatic carbocycles. The van der Waals surface area contributed by atoms with Gasteiger partial charge in [-0.1, -0.05) is 32.0 Å². The van der Waals surface area contributed by atoms with Crippen LogP contribution in [0.25, 0.3) is 0 Å². The van der Waals surface area contributed by atoms with Crippen LogP contribution in [0.3, 0.4) is 0 Å². The number of rotatable bonds is 8. The number of aliphatic carboxylic acids is 1. The molecule has 0 heterocycles. The second kappa shape index (κ2) is 9.02. The first-order valence-electron chi connectivity index (χ1n) is 7.67. The predicted octanol–water partition coefficient (Wildman–Crippen LogP) is 0.965. The number of amides is 2. The van der Waals surface area contributed by atoms with Crippen molar-refractivity contribution < 1.29 is 24.2 Å². The summed E-state index contributed by atoms with van der Waals surface area (Å²) < 4.78 is 4.77. The van der Waals surface area contributed by atoms with Gasteiger partial charge in [-0.05, 0) is 24.5 Å². The van der Waals surface area contributed by atoms with Crippen LogP contribution in [0.4, 0.5) is 0 Å². The van der Waals surface area contributed by atoms with Crippen LogP contribution in [0, 0.1) is 12.8 Å². The zero-order valence-corrected chi connectivity index (χ0v) is 14.3. The van der Waals surface area contributed by atoms with Crippen molar-refractivity contribution in [3.63, 3.8) is 0 Å². The Bertz CT molecular complexity index is 600. The zero-order chi connectivity index (χ0) is 18.3. The Kier molecular flexibility index (Phi) is 7.38. The quantitative estimate of drug-likeness (QED) is 0.656. The minimum absolute atomic E-state index is 0.163. The van der Waals surface area contributed by atoms with Crippen LogP contribution in [-0.4, -0.2) is 48.7 Å². The fraction of sp³-hybridized carbons (Fsp3) is 0.471. The van der Waals surface area contributed by atoms with Gasteiger partial charge in [-0.15, -0.1) is 0 Å². The van der Waals surface area contributed by atoms with E-state index in [0.29, 0.717) is 5.56 Å². The van der Waals surface area contributed by atoms with Crippen LogP contribution in [0.15, 0.2) is 24.3 Å². The predicted molar refractivity (Wildman–Crippen MR) is 88.7 cm³/mol. The maximum absolute atomic E-state index is 12.4. The van der Waals surface area contributed by atoms with Crippen molar-refractivity contribution in [3.8, 4) is 0 Å². The van der Waals surface area contributed by atoms with Crippen molar-refractivity contribution in [2.24, 2.45) is 5.92 Å². The molecule has 132 valence electrons. The topological polar surface area (TPSA) is 105 Å². The van der Waals surface area contributed by atoms with Crippen LogP contribution in [-0.2, 0) is 14.3 Å². The normalized spacial score (nSPS) is 13.2. The number of carboxylic acid groups (broad SMARTS) is 1. The van der Waals surface area contributed by atoms with Gasteiger partial charge < -0.3 is 20.5 Å². The second-order valence-electron chi connectivity index (χ2n) is 5.82. The van der Waals surface area contributed by atoms with E-state index in [9.17, 15) is 14.4 Å². The molecule has 0 aliphatic rings. The number of nitrogens with one attached hydrogen (secondary N) is 2. The zero-order valence-electron chi connectivity index (χ0n) is 14.3. The molecule has 0 saturated heterocycles. The van der Waals surface area contributed by atoms with Gasteiger partial charge in [0.1, 0.15) is 6.04 Å². The lowest BCUT2D eigenvalue weighted by molar-refractivity contribution is -0.148. The van der Waals surface area contributed by atoms with Gasteiger partial charge in [-0.2, -0.15) is 0 Å². The third kappa shape index (κ3) is 5.34. The van der Waals surface area contributed by atoms with Crippen LogP contribution in [0.5, 0.6) is 0 Å². The van der Waals surface area contributed by atoms with Gasteiger partial charge in [0.05, 0.1) is 6.54 Å². The first-order valence-corrected chi connectivity index (χ1v) is 7.67. The molecule has 0 aliphatic heterocycles. The van der Waals surface area contributed by atoms with Crippen LogP contribution >= 0.6 is 0 Å². The molecule has 0 radical (unpaired) electrons. The average Bonchev–Trinajstić information content (AvgIpc) is 2.52. The van der Waals surface area contributed by atoms with E-state index >= 15 is 0 Å². The Morgan fingerprint density at radius 3 is 2.33 bits per heavy atom.